The van der Waals surface area contributed by atoms with Gasteiger partial charge in [0, 0.05) is 39.9 Å². The van der Waals surface area contributed by atoms with Gasteiger partial charge in [-0.2, -0.15) is 4.98 Å². The first-order valence-electron chi connectivity index (χ1n) is 9.87. The molecule has 0 aliphatic rings. The van der Waals surface area contributed by atoms with E-state index in [0.29, 0.717) is 33.1 Å². The van der Waals surface area contributed by atoms with E-state index in [1.807, 2.05) is 0 Å². The molecular weight excluding hydrogens is 449 g/mol. The molecule has 9 heteroatoms. The monoisotopic (exact) mass is 467 g/mol. The summed E-state index contributed by atoms with van der Waals surface area (Å²) in [5.74, 6) is 0.00729. The first kappa shape index (κ1) is 22.3. The van der Waals surface area contributed by atoms with Crippen molar-refractivity contribution in [1.29, 1.82) is 0 Å². The van der Waals surface area contributed by atoms with Crippen LogP contribution >= 0.6 is 11.6 Å². The highest BCUT2D eigenvalue weighted by molar-refractivity contribution is 6.31. The van der Waals surface area contributed by atoms with E-state index in [9.17, 15) is 14.0 Å². The quantitative estimate of drug-likeness (QED) is 0.451. The van der Waals surface area contributed by atoms with Gasteiger partial charge in [-0.05, 0) is 30.3 Å². The number of anilines is 1. The summed E-state index contributed by atoms with van der Waals surface area (Å²) in [6.07, 6.45) is 0. The summed E-state index contributed by atoms with van der Waals surface area (Å²) in [6, 6.07) is 15.7. The summed E-state index contributed by atoms with van der Waals surface area (Å²) in [7, 11) is 3.00. The third-order valence-corrected chi connectivity index (χ3v) is 5.24. The second-order valence-corrected chi connectivity index (χ2v) is 7.56. The van der Waals surface area contributed by atoms with Gasteiger partial charge in [0.1, 0.15) is 23.9 Å². The minimum Gasteiger partial charge on any atom is -0.497 e. The Bertz CT molecular complexity index is 1400. The Kier molecular flexibility index (Phi) is 6.28. The minimum atomic E-state index is -0.693. The number of halogens is 2. The molecule has 4 aromatic rings. The summed E-state index contributed by atoms with van der Waals surface area (Å²) in [5, 5.41) is 3.56. The summed E-state index contributed by atoms with van der Waals surface area (Å²) >= 11 is 6.17. The highest BCUT2D eigenvalue weighted by Crippen LogP contribution is 2.30. The van der Waals surface area contributed by atoms with Crippen LogP contribution < -0.4 is 20.5 Å². The molecule has 0 saturated carbocycles. The number of hydrogen-bond donors (Lipinski definition) is 1. The molecule has 168 valence electrons. The van der Waals surface area contributed by atoms with Gasteiger partial charge in [-0.15, -0.1) is 0 Å². The maximum atomic E-state index is 14.4. The Balaban J connectivity index is 1.74. The average molecular weight is 468 g/mol. The maximum Gasteiger partial charge on any atom is 0.349 e. The van der Waals surface area contributed by atoms with Crippen molar-refractivity contribution in [3.8, 4) is 22.8 Å². The van der Waals surface area contributed by atoms with E-state index in [1.165, 1.54) is 30.9 Å². The first-order chi connectivity index (χ1) is 15.9. The van der Waals surface area contributed by atoms with Crippen molar-refractivity contribution in [3.05, 3.63) is 82.0 Å². The molecule has 0 unspecified atom stereocenters. The van der Waals surface area contributed by atoms with Crippen molar-refractivity contribution < 1.29 is 18.7 Å². The number of hydrogen-bond acceptors (Lipinski definition) is 5. The van der Waals surface area contributed by atoms with Gasteiger partial charge in [-0.3, -0.25) is 9.36 Å². The zero-order valence-corrected chi connectivity index (χ0v) is 18.5. The zero-order valence-electron chi connectivity index (χ0n) is 17.8. The lowest BCUT2D eigenvalue weighted by Gasteiger charge is -2.14. The second kappa shape index (κ2) is 9.30. The number of amides is 1. The highest BCUT2D eigenvalue weighted by atomic mass is 35.5. The Morgan fingerprint density at radius 2 is 1.76 bits per heavy atom. The predicted octanol–water partition coefficient (Wildman–Crippen LogP) is 4.51. The molecule has 4 rings (SSSR count). The summed E-state index contributed by atoms with van der Waals surface area (Å²) in [5.41, 5.74) is 0.469. The molecule has 0 atom stereocenters. The van der Waals surface area contributed by atoms with Crippen LogP contribution in [0.2, 0.25) is 5.02 Å². The SMILES string of the molecule is COc1cc(NC(=O)Cn2c(=O)nc(-c3ccccc3F)c3cc(Cl)ccc32)cc(OC)c1. The number of carbonyl (C=O) groups is 1. The lowest BCUT2D eigenvalue weighted by molar-refractivity contribution is -0.116. The first-order valence-corrected chi connectivity index (χ1v) is 10.3. The van der Waals surface area contributed by atoms with Gasteiger partial charge in [0.2, 0.25) is 5.91 Å². The van der Waals surface area contributed by atoms with Gasteiger partial charge in [0.05, 0.1) is 25.4 Å². The van der Waals surface area contributed by atoms with E-state index in [2.05, 4.69) is 10.3 Å². The Hall–Kier alpha value is -3.91. The molecule has 1 N–H and O–H groups in total. The molecule has 1 amide bonds. The fourth-order valence-corrected chi connectivity index (χ4v) is 3.66. The van der Waals surface area contributed by atoms with Crippen LogP contribution in [0.25, 0.3) is 22.2 Å². The van der Waals surface area contributed by atoms with Crippen LogP contribution in [0.1, 0.15) is 0 Å². The number of methoxy groups -OCH3 is 2. The molecule has 0 radical (unpaired) electrons. The van der Waals surface area contributed by atoms with Gasteiger partial charge < -0.3 is 14.8 Å². The van der Waals surface area contributed by atoms with Crippen molar-refractivity contribution in [2.24, 2.45) is 0 Å². The van der Waals surface area contributed by atoms with Crippen molar-refractivity contribution in [2.75, 3.05) is 19.5 Å². The zero-order chi connectivity index (χ0) is 23.5. The lowest BCUT2D eigenvalue weighted by Crippen LogP contribution is -2.30. The standard InChI is InChI=1S/C24H19ClFN3O4/c1-32-16-10-15(11-17(12-16)33-2)27-22(30)13-29-21-8-7-14(25)9-19(21)23(28-24(29)31)18-5-3-4-6-20(18)26/h3-12H,13H2,1-2H3,(H,27,30). The van der Waals surface area contributed by atoms with Crippen LogP contribution in [-0.4, -0.2) is 29.7 Å². The molecule has 3 aromatic carbocycles. The molecule has 33 heavy (non-hydrogen) atoms. The Labute approximate surface area is 193 Å². The number of fused-ring (bicyclic) bond motifs is 1. The molecule has 0 aliphatic heterocycles. The second-order valence-electron chi connectivity index (χ2n) is 7.12. The van der Waals surface area contributed by atoms with Crippen LogP contribution in [0.4, 0.5) is 10.1 Å². The van der Waals surface area contributed by atoms with E-state index in [4.69, 9.17) is 21.1 Å². The topological polar surface area (TPSA) is 82.5 Å². The van der Waals surface area contributed by atoms with E-state index >= 15 is 0 Å². The molecule has 0 bridgehead atoms. The molecular formula is C24H19ClFN3O4. The number of ether oxygens (including phenoxy) is 2. The van der Waals surface area contributed by atoms with Crippen molar-refractivity contribution in [3.63, 3.8) is 0 Å². The smallest absolute Gasteiger partial charge is 0.349 e. The normalized spacial score (nSPS) is 10.8. The largest absolute Gasteiger partial charge is 0.497 e. The fraction of sp³-hybridized carbons (Fsp3) is 0.125. The molecule has 1 aromatic heterocycles. The van der Waals surface area contributed by atoms with Crippen molar-refractivity contribution in [2.45, 2.75) is 6.54 Å². The minimum absolute atomic E-state index is 0.157. The molecule has 7 nitrogen and oxygen atoms in total. The predicted molar refractivity (Wildman–Crippen MR) is 125 cm³/mol. The van der Waals surface area contributed by atoms with Crippen LogP contribution in [-0.2, 0) is 11.3 Å². The number of nitrogens with zero attached hydrogens (tertiary/aromatic N) is 2. The summed E-state index contributed by atoms with van der Waals surface area (Å²) in [4.78, 5) is 29.8. The molecule has 0 spiro atoms. The molecule has 0 saturated heterocycles. The van der Waals surface area contributed by atoms with Gasteiger partial charge in [0.25, 0.3) is 0 Å². The van der Waals surface area contributed by atoms with Gasteiger partial charge >= 0.3 is 5.69 Å². The summed E-state index contributed by atoms with van der Waals surface area (Å²) in [6.45, 7) is -0.318. The van der Waals surface area contributed by atoms with Gasteiger partial charge in [-0.1, -0.05) is 23.7 Å². The highest BCUT2D eigenvalue weighted by Gasteiger charge is 2.17. The summed E-state index contributed by atoms with van der Waals surface area (Å²) < 4.78 is 26.1. The molecule has 0 aliphatic carbocycles. The third kappa shape index (κ3) is 4.65. The molecule has 1 heterocycles. The maximum absolute atomic E-state index is 14.4. The fourth-order valence-electron chi connectivity index (χ4n) is 3.49. The number of benzene rings is 3. The average Bonchev–Trinajstić information content (AvgIpc) is 2.80. The number of carbonyl (C=O) groups excluding carboxylic acids is 1. The Morgan fingerprint density at radius 3 is 2.42 bits per heavy atom. The van der Waals surface area contributed by atoms with Crippen LogP contribution in [0.15, 0.2) is 65.5 Å². The van der Waals surface area contributed by atoms with Gasteiger partial charge in [0.15, 0.2) is 0 Å². The van der Waals surface area contributed by atoms with Crippen molar-refractivity contribution in [1.82, 2.24) is 9.55 Å². The Morgan fingerprint density at radius 1 is 1.06 bits per heavy atom. The number of rotatable bonds is 6. The lowest BCUT2D eigenvalue weighted by atomic mass is 10.1. The van der Waals surface area contributed by atoms with E-state index < -0.39 is 17.4 Å². The number of aromatic nitrogens is 2. The van der Waals surface area contributed by atoms with E-state index in [-0.39, 0.29) is 17.8 Å². The van der Waals surface area contributed by atoms with Crippen LogP contribution in [0.5, 0.6) is 11.5 Å². The van der Waals surface area contributed by atoms with Crippen molar-refractivity contribution >= 4 is 34.1 Å². The van der Waals surface area contributed by atoms with Gasteiger partial charge in [-0.25, -0.2) is 9.18 Å². The third-order valence-electron chi connectivity index (χ3n) is 5.01. The van der Waals surface area contributed by atoms with Crippen LogP contribution in [0.3, 0.4) is 0 Å². The molecule has 0 fully saturated rings. The van der Waals surface area contributed by atoms with E-state index in [1.54, 1.807) is 48.5 Å². The number of nitrogens with one attached hydrogen (secondary N) is 1. The van der Waals surface area contributed by atoms with E-state index in [0.717, 1.165) is 0 Å². The van der Waals surface area contributed by atoms with Crippen LogP contribution in [0, 0.1) is 5.82 Å².